The molecule has 0 saturated heterocycles. The minimum Gasteiger partial charge on any atom is -0.368 e. The lowest BCUT2D eigenvalue weighted by molar-refractivity contribution is 0.425. The normalized spacial score (nSPS) is 11.1. The molecule has 0 amide bonds. The maximum absolute atomic E-state index is 4.18. The minimum absolute atomic E-state index is 0.761. The fourth-order valence-electron chi connectivity index (χ4n) is 1.30. The molecule has 0 aliphatic rings. The van der Waals surface area contributed by atoms with E-state index in [2.05, 4.69) is 30.4 Å². The third-order valence-corrected chi connectivity index (χ3v) is 2.10. The summed E-state index contributed by atoms with van der Waals surface area (Å²) in [7, 11) is 4.07. The van der Waals surface area contributed by atoms with Crippen molar-refractivity contribution in [1.29, 1.82) is 0 Å². The molecule has 6 nitrogen and oxygen atoms in total. The molecule has 0 aliphatic carbocycles. The second-order valence-electron chi connectivity index (χ2n) is 3.58. The maximum Gasteiger partial charge on any atom is 0.160 e. The summed E-state index contributed by atoms with van der Waals surface area (Å²) in [5, 5.41) is 10.9. The first-order valence-corrected chi connectivity index (χ1v) is 4.80. The molecule has 0 atom stereocenters. The number of aromatic amines is 1. The van der Waals surface area contributed by atoms with Crippen molar-refractivity contribution in [1.82, 2.24) is 25.1 Å². The van der Waals surface area contributed by atoms with Crippen LogP contribution in [0.1, 0.15) is 0 Å². The van der Waals surface area contributed by atoms with Crippen LogP contribution in [0.3, 0.4) is 0 Å². The van der Waals surface area contributed by atoms with Gasteiger partial charge in [-0.2, -0.15) is 5.10 Å². The van der Waals surface area contributed by atoms with Crippen molar-refractivity contribution in [3.63, 3.8) is 0 Å². The SMILES string of the molecule is CN(C)CCNc1ncnc2[nH]ncc12. The van der Waals surface area contributed by atoms with Gasteiger partial charge >= 0.3 is 0 Å². The zero-order valence-electron chi connectivity index (χ0n) is 8.86. The van der Waals surface area contributed by atoms with E-state index in [9.17, 15) is 0 Å². The van der Waals surface area contributed by atoms with Crippen molar-refractivity contribution < 1.29 is 0 Å². The predicted molar refractivity (Wildman–Crippen MR) is 58.7 cm³/mol. The topological polar surface area (TPSA) is 69.7 Å². The Kier molecular flexibility index (Phi) is 2.77. The molecule has 0 bridgehead atoms. The number of H-pyrrole nitrogens is 1. The number of likely N-dealkylation sites (N-methyl/N-ethyl adjacent to an activating group) is 1. The maximum atomic E-state index is 4.18. The molecule has 0 aromatic carbocycles. The second-order valence-corrected chi connectivity index (χ2v) is 3.58. The summed E-state index contributed by atoms with van der Waals surface area (Å²) in [5.74, 6) is 0.829. The van der Waals surface area contributed by atoms with Crippen LogP contribution in [0.4, 0.5) is 5.82 Å². The summed E-state index contributed by atoms with van der Waals surface area (Å²) < 4.78 is 0. The minimum atomic E-state index is 0.761. The van der Waals surface area contributed by atoms with E-state index in [-0.39, 0.29) is 0 Å². The third-order valence-electron chi connectivity index (χ3n) is 2.10. The van der Waals surface area contributed by atoms with E-state index in [0.717, 1.165) is 29.9 Å². The summed E-state index contributed by atoms with van der Waals surface area (Å²) in [5.41, 5.74) is 0.761. The number of nitrogens with one attached hydrogen (secondary N) is 2. The number of anilines is 1. The Bertz CT molecular complexity index is 435. The highest BCUT2D eigenvalue weighted by atomic mass is 15.2. The molecule has 0 aliphatic heterocycles. The molecule has 80 valence electrons. The fraction of sp³-hybridized carbons (Fsp3) is 0.444. The van der Waals surface area contributed by atoms with Crippen molar-refractivity contribution in [2.45, 2.75) is 0 Å². The Morgan fingerprint density at radius 1 is 1.40 bits per heavy atom. The van der Waals surface area contributed by atoms with Gasteiger partial charge in [0.15, 0.2) is 5.65 Å². The molecule has 0 spiro atoms. The summed E-state index contributed by atoms with van der Waals surface area (Å²) in [4.78, 5) is 10.4. The zero-order chi connectivity index (χ0) is 10.7. The smallest absolute Gasteiger partial charge is 0.160 e. The number of rotatable bonds is 4. The number of hydrogen-bond donors (Lipinski definition) is 2. The second kappa shape index (κ2) is 4.22. The summed E-state index contributed by atoms with van der Waals surface area (Å²) in [6.45, 7) is 1.81. The highest BCUT2D eigenvalue weighted by molar-refractivity contribution is 5.85. The van der Waals surface area contributed by atoms with E-state index in [1.165, 1.54) is 6.33 Å². The molecule has 2 N–H and O–H groups in total. The monoisotopic (exact) mass is 206 g/mol. The molecule has 0 saturated carbocycles. The average Bonchev–Trinajstić information content (AvgIpc) is 2.65. The van der Waals surface area contributed by atoms with E-state index in [1.807, 2.05) is 14.1 Å². The first-order valence-electron chi connectivity index (χ1n) is 4.80. The van der Waals surface area contributed by atoms with Crippen molar-refractivity contribution in [3.8, 4) is 0 Å². The van der Waals surface area contributed by atoms with Gasteiger partial charge in [0.2, 0.25) is 0 Å². The Hall–Kier alpha value is -1.69. The molecule has 6 heteroatoms. The molecular formula is C9H14N6. The number of aromatic nitrogens is 4. The van der Waals surface area contributed by atoms with Crippen molar-refractivity contribution in [3.05, 3.63) is 12.5 Å². The van der Waals surface area contributed by atoms with Crippen LogP contribution in [0.15, 0.2) is 12.5 Å². The standard InChI is InChI=1S/C9H14N6/c1-15(2)4-3-10-8-7-5-13-14-9(7)12-6-11-8/h5-6H,3-4H2,1-2H3,(H2,10,11,12,13,14). The zero-order valence-corrected chi connectivity index (χ0v) is 8.86. The number of fused-ring (bicyclic) bond motifs is 1. The summed E-state index contributed by atoms with van der Waals surface area (Å²) >= 11 is 0. The number of nitrogens with zero attached hydrogens (tertiary/aromatic N) is 4. The third kappa shape index (κ3) is 2.21. The molecule has 2 aromatic rings. The Labute approximate surface area is 87.7 Å². The molecule has 0 unspecified atom stereocenters. The van der Waals surface area contributed by atoms with Gasteiger partial charge in [-0.3, -0.25) is 5.10 Å². The van der Waals surface area contributed by atoms with Crippen molar-refractivity contribution in [2.24, 2.45) is 0 Å². The van der Waals surface area contributed by atoms with Crippen LogP contribution < -0.4 is 5.32 Å². The van der Waals surface area contributed by atoms with Gasteiger partial charge in [0.25, 0.3) is 0 Å². The molecule has 0 radical (unpaired) electrons. The van der Waals surface area contributed by atoms with Crippen LogP contribution in [0, 0.1) is 0 Å². The molecular weight excluding hydrogens is 192 g/mol. The quantitative estimate of drug-likeness (QED) is 0.754. The number of hydrogen-bond acceptors (Lipinski definition) is 5. The van der Waals surface area contributed by atoms with Gasteiger partial charge in [0.1, 0.15) is 12.1 Å². The van der Waals surface area contributed by atoms with Gasteiger partial charge in [-0.05, 0) is 14.1 Å². The predicted octanol–water partition coefficient (Wildman–Crippen LogP) is 0.326. The molecule has 15 heavy (non-hydrogen) atoms. The summed E-state index contributed by atoms with van der Waals surface area (Å²) in [6, 6.07) is 0. The van der Waals surface area contributed by atoms with Crippen LogP contribution >= 0.6 is 0 Å². The van der Waals surface area contributed by atoms with Gasteiger partial charge in [-0.15, -0.1) is 0 Å². The Morgan fingerprint density at radius 3 is 3.07 bits per heavy atom. The lowest BCUT2D eigenvalue weighted by atomic mass is 10.4. The Balaban J connectivity index is 2.10. The van der Waals surface area contributed by atoms with Gasteiger partial charge in [-0.1, -0.05) is 0 Å². The first kappa shape index (κ1) is 9.85. The highest BCUT2D eigenvalue weighted by Gasteiger charge is 2.03. The molecule has 0 fully saturated rings. The van der Waals surface area contributed by atoms with Gasteiger partial charge in [-0.25, -0.2) is 9.97 Å². The van der Waals surface area contributed by atoms with Crippen molar-refractivity contribution >= 4 is 16.9 Å². The van der Waals surface area contributed by atoms with Crippen LogP contribution in [-0.4, -0.2) is 52.3 Å². The van der Waals surface area contributed by atoms with Gasteiger partial charge < -0.3 is 10.2 Å². The Morgan fingerprint density at radius 2 is 2.27 bits per heavy atom. The van der Waals surface area contributed by atoms with Crippen LogP contribution in [0.5, 0.6) is 0 Å². The molecule has 2 heterocycles. The van der Waals surface area contributed by atoms with Crippen LogP contribution in [0.25, 0.3) is 11.0 Å². The first-order chi connectivity index (χ1) is 7.27. The van der Waals surface area contributed by atoms with E-state index >= 15 is 0 Å². The van der Waals surface area contributed by atoms with E-state index in [4.69, 9.17) is 0 Å². The van der Waals surface area contributed by atoms with Crippen molar-refractivity contribution in [2.75, 3.05) is 32.5 Å². The van der Waals surface area contributed by atoms with E-state index in [0.29, 0.717) is 0 Å². The van der Waals surface area contributed by atoms with Crippen LogP contribution in [-0.2, 0) is 0 Å². The summed E-state index contributed by atoms with van der Waals surface area (Å²) in [6.07, 6.45) is 3.26. The lowest BCUT2D eigenvalue weighted by Crippen LogP contribution is -2.21. The fourth-order valence-corrected chi connectivity index (χ4v) is 1.30. The van der Waals surface area contributed by atoms with Crippen LogP contribution in [0.2, 0.25) is 0 Å². The molecule has 2 rings (SSSR count). The van der Waals surface area contributed by atoms with E-state index in [1.54, 1.807) is 6.20 Å². The van der Waals surface area contributed by atoms with Gasteiger partial charge in [0, 0.05) is 13.1 Å². The molecule has 2 aromatic heterocycles. The van der Waals surface area contributed by atoms with E-state index < -0.39 is 0 Å². The lowest BCUT2D eigenvalue weighted by Gasteiger charge is -2.10. The highest BCUT2D eigenvalue weighted by Crippen LogP contribution is 2.15. The average molecular weight is 206 g/mol. The largest absolute Gasteiger partial charge is 0.368 e. The van der Waals surface area contributed by atoms with Gasteiger partial charge in [0.05, 0.1) is 11.6 Å².